The van der Waals surface area contributed by atoms with Crippen molar-refractivity contribution < 1.29 is 14.3 Å². The quantitative estimate of drug-likeness (QED) is 0.486. The molecule has 0 saturated heterocycles. The molecule has 0 aliphatic heterocycles. The fourth-order valence-electron chi connectivity index (χ4n) is 3.38. The number of hydrogen-bond acceptors (Lipinski definition) is 2. The van der Waals surface area contributed by atoms with Gasteiger partial charge in [-0.25, -0.2) is 4.39 Å². The number of hydrogen-bond donors (Lipinski definition) is 1. The Morgan fingerprint density at radius 3 is 2.26 bits per heavy atom. The van der Waals surface area contributed by atoms with Crippen molar-refractivity contribution >= 4 is 16.6 Å². The lowest BCUT2D eigenvalue weighted by atomic mass is 9.90. The Balaban J connectivity index is 1.89. The van der Waals surface area contributed by atoms with E-state index in [1.165, 1.54) is 12.1 Å². The summed E-state index contributed by atoms with van der Waals surface area (Å²) in [7, 11) is 0. The molecule has 0 heterocycles. The Hall–Kier alpha value is -3.30. The Morgan fingerprint density at radius 1 is 0.778 bits per heavy atom. The predicted octanol–water partition coefficient (Wildman–Crippen LogP) is 5.56. The molecule has 0 radical (unpaired) electrons. The van der Waals surface area contributed by atoms with Crippen molar-refractivity contribution in [3.8, 4) is 11.1 Å². The second-order valence-corrected chi connectivity index (χ2v) is 6.37. The standard InChI is InChI=1S/C24H17FO2/c25-21-15-7-14-20(24(27)23(26)17-9-2-1-3-10-17)22(21)19-13-6-11-16-8-4-5-12-18(16)19/h1-15,23,26H. The number of aliphatic hydroxyl groups is 1. The number of ketones is 1. The van der Waals surface area contributed by atoms with Gasteiger partial charge in [0.2, 0.25) is 0 Å². The predicted molar refractivity (Wildman–Crippen MR) is 105 cm³/mol. The highest BCUT2D eigenvalue weighted by Gasteiger charge is 2.24. The van der Waals surface area contributed by atoms with Crippen molar-refractivity contribution in [1.82, 2.24) is 0 Å². The highest BCUT2D eigenvalue weighted by molar-refractivity contribution is 6.08. The number of carbonyl (C=O) groups excluding carboxylic acids is 1. The van der Waals surface area contributed by atoms with Crippen LogP contribution in [0.5, 0.6) is 0 Å². The fourth-order valence-corrected chi connectivity index (χ4v) is 3.38. The van der Waals surface area contributed by atoms with Crippen LogP contribution in [0.4, 0.5) is 4.39 Å². The molecule has 0 aliphatic carbocycles. The first-order valence-electron chi connectivity index (χ1n) is 8.70. The summed E-state index contributed by atoms with van der Waals surface area (Å²) in [4.78, 5) is 13.0. The Morgan fingerprint density at radius 2 is 1.44 bits per heavy atom. The fraction of sp³-hybridized carbons (Fsp3) is 0.0417. The molecule has 4 aromatic rings. The van der Waals surface area contributed by atoms with Crippen molar-refractivity contribution in [2.75, 3.05) is 0 Å². The van der Waals surface area contributed by atoms with Gasteiger partial charge in [0, 0.05) is 11.1 Å². The van der Waals surface area contributed by atoms with Gasteiger partial charge in [-0.1, -0.05) is 84.9 Å². The summed E-state index contributed by atoms with van der Waals surface area (Å²) in [6.07, 6.45) is -1.35. The molecule has 0 saturated carbocycles. The van der Waals surface area contributed by atoms with Gasteiger partial charge in [-0.3, -0.25) is 4.79 Å². The molecule has 1 unspecified atom stereocenters. The molecule has 27 heavy (non-hydrogen) atoms. The van der Waals surface area contributed by atoms with Crippen LogP contribution < -0.4 is 0 Å². The maximum absolute atomic E-state index is 14.9. The van der Waals surface area contributed by atoms with Crippen LogP contribution >= 0.6 is 0 Å². The normalized spacial score (nSPS) is 12.1. The Labute approximate surface area is 156 Å². The SMILES string of the molecule is O=C(c1cccc(F)c1-c1cccc2ccccc12)C(O)c1ccccc1. The van der Waals surface area contributed by atoms with Crippen molar-refractivity contribution in [2.24, 2.45) is 0 Å². The van der Waals surface area contributed by atoms with Gasteiger partial charge in [0.05, 0.1) is 0 Å². The number of fused-ring (bicyclic) bond motifs is 1. The van der Waals surface area contributed by atoms with E-state index in [-0.39, 0.29) is 11.1 Å². The Kier molecular flexibility index (Phi) is 4.53. The van der Waals surface area contributed by atoms with E-state index >= 15 is 0 Å². The smallest absolute Gasteiger partial charge is 0.196 e. The molecule has 0 bridgehead atoms. The number of Topliss-reactive ketones (excluding diaryl/α,β-unsaturated/α-hetero) is 1. The van der Waals surface area contributed by atoms with Crippen molar-refractivity contribution in [3.05, 3.63) is 108 Å². The summed E-state index contributed by atoms with van der Waals surface area (Å²) in [5, 5.41) is 12.4. The lowest BCUT2D eigenvalue weighted by Gasteiger charge is -2.16. The molecule has 1 N–H and O–H groups in total. The van der Waals surface area contributed by atoms with E-state index in [1.54, 1.807) is 36.4 Å². The monoisotopic (exact) mass is 356 g/mol. The van der Waals surface area contributed by atoms with Gasteiger partial charge in [-0.2, -0.15) is 0 Å². The van der Waals surface area contributed by atoms with E-state index in [1.807, 2.05) is 42.5 Å². The third-order valence-electron chi connectivity index (χ3n) is 4.70. The number of carbonyl (C=O) groups is 1. The van der Waals surface area contributed by atoms with Crippen molar-refractivity contribution in [1.29, 1.82) is 0 Å². The molecule has 0 amide bonds. The van der Waals surface area contributed by atoms with Gasteiger partial charge >= 0.3 is 0 Å². The van der Waals surface area contributed by atoms with Gasteiger partial charge in [0.1, 0.15) is 11.9 Å². The molecule has 3 heteroatoms. The summed E-state index contributed by atoms with van der Waals surface area (Å²) in [6.45, 7) is 0. The summed E-state index contributed by atoms with van der Waals surface area (Å²) in [5.41, 5.74) is 1.50. The van der Waals surface area contributed by atoms with Crippen LogP contribution in [0.3, 0.4) is 0 Å². The number of aliphatic hydroxyl groups excluding tert-OH is 1. The zero-order chi connectivity index (χ0) is 18.8. The zero-order valence-electron chi connectivity index (χ0n) is 14.5. The van der Waals surface area contributed by atoms with Crippen LogP contribution in [0.2, 0.25) is 0 Å². The van der Waals surface area contributed by atoms with Gasteiger partial charge in [0.15, 0.2) is 5.78 Å². The molecule has 2 nitrogen and oxygen atoms in total. The average Bonchev–Trinajstić information content (AvgIpc) is 2.73. The zero-order valence-corrected chi connectivity index (χ0v) is 14.5. The molecule has 4 aromatic carbocycles. The van der Waals surface area contributed by atoms with Crippen molar-refractivity contribution in [3.63, 3.8) is 0 Å². The topological polar surface area (TPSA) is 37.3 Å². The third-order valence-corrected chi connectivity index (χ3v) is 4.70. The van der Waals surface area contributed by atoms with Gasteiger partial charge in [-0.15, -0.1) is 0 Å². The molecular weight excluding hydrogens is 339 g/mol. The molecule has 1 atom stereocenters. The van der Waals surface area contributed by atoms with Crippen LogP contribution in [-0.4, -0.2) is 10.9 Å². The highest BCUT2D eigenvalue weighted by atomic mass is 19.1. The minimum atomic E-state index is -1.35. The van der Waals surface area contributed by atoms with Gasteiger partial charge < -0.3 is 5.11 Å². The van der Waals surface area contributed by atoms with Gasteiger partial charge in [0.25, 0.3) is 0 Å². The third kappa shape index (κ3) is 3.14. The van der Waals surface area contributed by atoms with Crippen LogP contribution in [0.15, 0.2) is 91.0 Å². The maximum atomic E-state index is 14.9. The molecule has 0 aliphatic rings. The lowest BCUT2D eigenvalue weighted by molar-refractivity contribution is 0.0748. The van der Waals surface area contributed by atoms with Crippen LogP contribution in [0.25, 0.3) is 21.9 Å². The lowest BCUT2D eigenvalue weighted by Crippen LogP contribution is -2.14. The minimum absolute atomic E-state index is 0.169. The highest BCUT2D eigenvalue weighted by Crippen LogP contribution is 2.35. The first-order valence-corrected chi connectivity index (χ1v) is 8.70. The van der Waals surface area contributed by atoms with Crippen molar-refractivity contribution in [2.45, 2.75) is 6.10 Å². The molecule has 0 fully saturated rings. The first-order chi connectivity index (χ1) is 13.2. The van der Waals surface area contributed by atoms with Crippen LogP contribution in [0, 0.1) is 5.82 Å². The second-order valence-electron chi connectivity index (χ2n) is 6.37. The minimum Gasteiger partial charge on any atom is -0.380 e. The van der Waals surface area contributed by atoms with E-state index < -0.39 is 17.7 Å². The first kappa shape index (κ1) is 17.1. The van der Waals surface area contributed by atoms with E-state index in [9.17, 15) is 14.3 Å². The molecule has 0 aromatic heterocycles. The van der Waals surface area contributed by atoms with E-state index in [0.717, 1.165) is 10.8 Å². The van der Waals surface area contributed by atoms with Crippen LogP contribution in [-0.2, 0) is 0 Å². The summed E-state index contributed by atoms with van der Waals surface area (Å²) < 4.78 is 14.9. The Bertz CT molecular complexity index is 1110. The molecular formula is C24H17FO2. The number of halogens is 1. The summed E-state index contributed by atoms with van der Waals surface area (Å²) >= 11 is 0. The molecule has 4 rings (SSSR count). The summed E-state index contributed by atoms with van der Waals surface area (Å²) in [6, 6.07) is 26.3. The van der Waals surface area contributed by atoms with E-state index in [2.05, 4.69) is 0 Å². The number of benzene rings is 4. The summed E-state index contributed by atoms with van der Waals surface area (Å²) in [5.74, 6) is -1.01. The largest absolute Gasteiger partial charge is 0.380 e. The average molecular weight is 356 g/mol. The molecule has 0 spiro atoms. The van der Waals surface area contributed by atoms with E-state index in [4.69, 9.17) is 0 Å². The van der Waals surface area contributed by atoms with Gasteiger partial charge in [-0.05, 0) is 28.0 Å². The molecule has 132 valence electrons. The second kappa shape index (κ2) is 7.14. The number of rotatable bonds is 4. The maximum Gasteiger partial charge on any atom is 0.196 e. The van der Waals surface area contributed by atoms with E-state index in [0.29, 0.717) is 11.1 Å². The van der Waals surface area contributed by atoms with Crippen LogP contribution in [0.1, 0.15) is 22.0 Å².